The second kappa shape index (κ2) is 12.3. The van der Waals surface area contributed by atoms with Gasteiger partial charge in [-0.15, -0.1) is 11.3 Å². The molecule has 1 aliphatic carbocycles. The van der Waals surface area contributed by atoms with Crippen molar-refractivity contribution in [1.29, 1.82) is 5.26 Å². The Hall–Kier alpha value is -3.54. The Kier molecular flexibility index (Phi) is 8.27. The molecule has 264 valence electrons. The number of hydrogen-bond acceptors (Lipinski definition) is 11. The van der Waals surface area contributed by atoms with Crippen LogP contribution in [0.2, 0.25) is 5.02 Å². The molecule has 10 nitrogen and oxygen atoms in total. The van der Waals surface area contributed by atoms with Crippen molar-refractivity contribution in [3.63, 3.8) is 0 Å². The van der Waals surface area contributed by atoms with Crippen molar-refractivity contribution in [3.05, 3.63) is 34.4 Å². The SMILES string of the molecule is CC(O)C1COc2c(Cl)c(-c3ccc(F)c4sc(N)c(C#N)c34)c(F)c3nc(OCC45CCCN4CCC5)nc(c23)N1CC1(N(C)C)CCC1. The lowest BCUT2D eigenvalue weighted by atomic mass is 9.75. The van der Waals surface area contributed by atoms with E-state index in [1.54, 1.807) is 6.92 Å². The number of nitriles is 1. The zero-order valence-electron chi connectivity index (χ0n) is 28.4. The number of aliphatic hydroxyl groups excluding tert-OH is 1. The number of ether oxygens (including phenoxy) is 2. The van der Waals surface area contributed by atoms with Crippen LogP contribution in [0, 0.1) is 23.0 Å². The van der Waals surface area contributed by atoms with E-state index in [2.05, 4.69) is 30.0 Å². The van der Waals surface area contributed by atoms with E-state index < -0.39 is 23.8 Å². The van der Waals surface area contributed by atoms with Crippen LogP contribution >= 0.6 is 22.9 Å². The summed E-state index contributed by atoms with van der Waals surface area (Å²) in [6.45, 7) is 4.63. The molecular formula is C36H40ClF2N7O3S. The molecule has 2 aromatic carbocycles. The maximum absolute atomic E-state index is 17.4. The first-order valence-electron chi connectivity index (χ1n) is 17.2. The summed E-state index contributed by atoms with van der Waals surface area (Å²) in [7, 11) is 4.10. The molecule has 0 radical (unpaired) electrons. The fourth-order valence-electron chi connectivity index (χ4n) is 8.70. The van der Waals surface area contributed by atoms with Crippen LogP contribution in [-0.4, -0.2) is 95.0 Å². The summed E-state index contributed by atoms with van der Waals surface area (Å²) in [6.07, 6.45) is 6.31. The summed E-state index contributed by atoms with van der Waals surface area (Å²) >= 11 is 8.07. The van der Waals surface area contributed by atoms with E-state index in [1.165, 1.54) is 12.1 Å². The van der Waals surface area contributed by atoms with Crippen molar-refractivity contribution in [2.45, 2.75) is 75.1 Å². The Balaban J connectivity index is 1.37. The van der Waals surface area contributed by atoms with Crippen LogP contribution in [0.1, 0.15) is 57.4 Å². The lowest BCUT2D eigenvalue weighted by Crippen LogP contribution is -2.61. The summed E-state index contributed by atoms with van der Waals surface area (Å²) in [6, 6.07) is 4.13. The molecule has 0 spiro atoms. The minimum absolute atomic E-state index is 0.0178. The van der Waals surface area contributed by atoms with Crippen molar-refractivity contribution in [1.82, 2.24) is 19.8 Å². The van der Waals surface area contributed by atoms with Gasteiger partial charge in [0.25, 0.3) is 0 Å². The van der Waals surface area contributed by atoms with Gasteiger partial charge in [0, 0.05) is 23.0 Å². The number of nitrogens with two attached hydrogens (primary N) is 1. The molecule has 2 unspecified atom stereocenters. The zero-order valence-corrected chi connectivity index (χ0v) is 29.9. The number of hydrogen-bond donors (Lipinski definition) is 2. The highest BCUT2D eigenvalue weighted by atomic mass is 35.5. The van der Waals surface area contributed by atoms with Gasteiger partial charge in [-0.05, 0) is 90.7 Å². The third-order valence-corrected chi connectivity index (χ3v) is 13.1. The van der Waals surface area contributed by atoms with Crippen LogP contribution in [-0.2, 0) is 0 Å². The van der Waals surface area contributed by atoms with E-state index in [4.69, 9.17) is 36.8 Å². The zero-order chi connectivity index (χ0) is 35.1. The highest BCUT2D eigenvalue weighted by Crippen LogP contribution is 2.52. The summed E-state index contributed by atoms with van der Waals surface area (Å²) < 4.78 is 45.5. The van der Waals surface area contributed by atoms with Crippen molar-refractivity contribution >= 4 is 54.7 Å². The molecule has 8 rings (SSSR count). The summed E-state index contributed by atoms with van der Waals surface area (Å²) in [5.74, 6) is -0.841. The van der Waals surface area contributed by atoms with Gasteiger partial charge in [0.2, 0.25) is 0 Å². The van der Waals surface area contributed by atoms with Gasteiger partial charge in [0.15, 0.2) is 11.6 Å². The van der Waals surface area contributed by atoms with Crippen LogP contribution in [0.15, 0.2) is 12.1 Å². The van der Waals surface area contributed by atoms with Crippen LogP contribution < -0.4 is 20.1 Å². The highest BCUT2D eigenvalue weighted by Gasteiger charge is 2.47. The van der Waals surface area contributed by atoms with E-state index in [-0.39, 0.29) is 77.1 Å². The average Bonchev–Trinajstić information content (AvgIpc) is 3.71. The first-order valence-corrected chi connectivity index (χ1v) is 18.4. The maximum atomic E-state index is 17.4. The molecule has 4 aromatic rings. The van der Waals surface area contributed by atoms with E-state index in [9.17, 15) is 10.4 Å². The second-order valence-corrected chi connectivity index (χ2v) is 16.0. The molecule has 3 aliphatic heterocycles. The van der Waals surface area contributed by atoms with Crippen LogP contribution in [0.4, 0.5) is 19.6 Å². The normalized spacial score (nSPS) is 21.6. The van der Waals surface area contributed by atoms with Crippen molar-refractivity contribution < 1.29 is 23.4 Å². The fraction of sp³-hybridized carbons (Fsp3) is 0.528. The molecule has 5 heterocycles. The average molecular weight is 724 g/mol. The number of aliphatic hydroxyl groups is 1. The molecule has 14 heteroatoms. The van der Waals surface area contributed by atoms with Gasteiger partial charge in [-0.1, -0.05) is 17.7 Å². The van der Waals surface area contributed by atoms with Gasteiger partial charge >= 0.3 is 6.01 Å². The Bertz CT molecular complexity index is 2050. The maximum Gasteiger partial charge on any atom is 0.319 e. The summed E-state index contributed by atoms with van der Waals surface area (Å²) in [4.78, 5) is 16.4. The van der Waals surface area contributed by atoms with E-state index in [0.717, 1.165) is 69.4 Å². The van der Waals surface area contributed by atoms with E-state index in [0.29, 0.717) is 19.0 Å². The third-order valence-electron chi connectivity index (χ3n) is 11.7. The highest BCUT2D eigenvalue weighted by molar-refractivity contribution is 7.23. The molecule has 50 heavy (non-hydrogen) atoms. The quantitative estimate of drug-likeness (QED) is 0.213. The fourth-order valence-corrected chi connectivity index (χ4v) is 9.99. The first kappa shape index (κ1) is 33.6. The van der Waals surface area contributed by atoms with E-state index in [1.807, 2.05) is 4.90 Å². The molecule has 2 aromatic heterocycles. The Morgan fingerprint density at radius 2 is 1.92 bits per heavy atom. The number of likely N-dealkylation sites (N-methyl/N-ethyl adjacent to an activating group) is 1. The second-order valence-electron chi connectivity index (χ2n) is 14.6. The smallest absolute Gasteiger partial charge is 0.319 e. The molecule has 4 aliphatic rings. The number of rotatable bonds is 8. The van der Waals surface area contributed by atoms with Crippen molar-refractivity contribution in [2.75, 3.05) is 57.6 Å². The lowest BCUT2D eigenvalue weighted by molar-refractivity contribution is 0.0553. The topological polar surface area (TPSA) is 124 Å². The number of nitrogens with zero attached hydrogens (tertiary/aromatic N) is 6. The van der Waals surface area contributed by atoms with Crippen LogP contribution in [0.25, 0.3) is 32.1 Å². The predicted octanol–water partition coefficient (Wildman–Crippen LogP) is 6.34. The number of aromatic nitrogens is 2. The molecule has 2 atom stereocenters. The Labute approximate surface area is 298 Å². The molecule has 0 amide bonds. The van der Waals surface area contributed by atoms with Gasteiger partial charge in [0.1, 0.15) is 41.4 Å². The van der Waals surface area contributed by atoms with Crippen molar-refractivity contribution in [2.24, 2.45) is 0 Å². The van der Waals surface area contributed by atoms with Gasteiger partial charge in [-0.3, -0.25) is 4.90 Å². The van der Waals surface area contributed by atoms with Gasteiger partial charge in [-0.2, -0.15) is 15.2 Å². The van der Waals surface area contributed by atoms with E-state index >= 15 is 8.78 Å². The van der Waals surface area contributed by atoms with Crippen molar-refractivity contribution in [3.8, 4) is 29.0 Å². The minimum atomic E-state index is -0.853. The molecule has 3 N–H and O–H groups in total. The molecule has 0 bridgehead atoms. The standard InChI is InChI=1S/C36H40ClF2N7O3S/c1-19(47)23-16-48-30-26-29(28(39)25(27(30)37)20-7-8-22(38)31-24(20)21(15-40)32(41)50-31)42-34(49-18-36-11-5-13-45(36)14-6-12-36)43-33(26)46(23)17-35(44(2)3)9-4-10-35/h7-8,19,23,47H,4-6,9-14,16-18,41H2,1-3H3. The largest absolute Gasteiger partial charge is 0.489 e. The number of halogens is 3. The summed E-state index contributed by atoms with van der Waals surface area (Å²) in [5, 5.41) is 21.7. The molecule has 1 saturated carbocycles. The van der Waals surface area contributed by atoms with Crippen LogP contribution in [0.5, 0.6) is 11.8 Å². The van der Waals surface area contributed by atoms with Gasteiger partial charge in [-0.25, -0.2) is 8.78 Å². The molecule has 2 saturated heterocycles. The lowest BCUT2D eigenvalue weighted by Gasteiger charge is -2.51. The number of thiophene rings is 1. The van der Waals surface area contributed by atoms with Gasteiger partial charge in [0.05, 0.1) is 38.4 Å². The monoisotopic (exact) mass is 723 g/mol. The van der Waals surface area contributed by atoms with Crippen LogP contribution in [0.3, 0.4) is 0 Å². The molecular weight excluding hydrogens is 684 g/mol. The molecule has 3 fully saturated rings. The number of benzene rings is 2. The third kappa shape index (κ3) is 5.01. The number of fused-ring (bicyclic) bond motifs is 2. The summed E-state index contributed by atoms with van der Waals surface area (Å²) in [5.41, 5.74) is 5.91. The minimum Gasteiger partial charge on any atom is -0.489 e. The number of nitrogen functional groups attached to an aromatic ring is 1. The number of anilines is 2. The Morgan fingerprint density at radius 3 is 2.56 bits per heavy atom. The predicted molar refractivity (Wildman–Crippen MR) is 191 cm³/mol. The van der Waals surface area contributed by atoms with Gasteiger partial charge < -0.3 is 30.1 Å². The first-order chi connectivity index (χ1) is 24.0. The Morgan fingerprint density at radius 1 is 1.18 bits per heavy atom.